The van der Waals surface area contributed by atoms with Gasteiger partial charge in [-0.1, -0.05) is 19.1 Å². The molecule has 0 bridgehead atoms. The van der Waals surface area contributed by atoms with Crippen LogP contribution in [0, 0.1) is 0 Å². The zero-order valence-electron chi connectivity index (χ0n) is 18.3. The maximum Gasteiger partial charge on any atom is 0.217 e. The number of methoxy groups -OCH3 is 1. The minimum Gasteiger partial charge on any atom is -0.494 e. The molecule has 1 aliphatic heterocycles. The zero-order valence-corrected chi connectivity index (χ0v) is 18.3. The van der Waals surface area contributed by atoms with Crippen LogP contribution in [0.2, 0.25) is 0 Å². The maximum absolute atomic E-state index is 11.2. The summed E-state index contributed by atoms with van der Waals surface area (Å²) in [4.78, 5) is 13.5. The second kappa shape index (κ2) is 10.2. The van der Waals surface area contributed by atoms with Crippen LogP contribution in [0.15, 0.2) is 42.5 Å². The second-order valence-electron chi connectivity index (χ2n) is 7.65. The number of hydrogen-bond acceptors (Lipinski definition) is 5. The summed E-state index contributed by atoms with van der Waals surface area (Å²) in [7, 11) is 1.69. The first-order valence-electron chi connectivity index (χ1n) is 10.6. The summed E-state index contributed by atoms with van der Waals surface area (Å²) in [6, 6.07) is 13.9. The number of amides is 1. The van der Waals surface area contributed by atoms with Crippen molar-refractivity contribution in [3.63, 3.8) is 0 Å². The number of benzene rings is 2. The first kappa shape index (κ1) is 21.8. The number of rotatable bonds is 9. The van der Waals surface area contributed by atoms with Crippen LogP contribution in [0.1, 0.15) is 45.2 Å². The highest BCUT2D eigenvalue weighted by atomic mass is 16.5. The Morgan fingerprint density at radius 2 is 1.93 bits per heavy atom. The van der Waals surface area contributed by atoms with Crippen molar-refractivity contribution in [2.75, 3.05) is 31.7 Å². The molecular weight excluding hydrogens is 380 g/mol. The highest BCUT2D eigenvalue weighted by Gasteiger charge is 2.26. The van der Waals surface area contributed by atoms with Crippen molar-refractivity contribution in [2.24, 2.45) is 0 Å². The van der Waals surface area contributed by atoms with E-state index in [9.17, 15) is 4.79 Å². The van der Waals surface area contributed by atoms with Gasteiger partial charge < -0.3 is 24.4 Å². The average molecular weight is 413 g/mol. The molecule has 0 spiro atoms. The predicted octanol–water partition coefficient (Wildman–Crippen LogP) is 4.34. The Labute approximate surface area is 179 Å². The highest BCUT2D eigenvalue weighted by Crippen LogP contribution is 2.35. The largest absolute Gasteiger partial charge is 0.494 e. The maximum atomic E-state index is 11.2. The molecule has 0 aliphatic carbocycles. The number of carbonyl (C=O) groups is 1. The smallest absolute Gasteiger partial charge is 0.217 e. The lowest BCUT2D eigenvalue weighted by atomic mass is 10.1. The summed E-state index contributed by atoms with van der Waals surface area (Å²) in [5.41, 5.74) is 2.12. The van der Waals surface area contributed by atoms with Gasteiger partial charge >= 0.3 is 0 Å². The van der Waals surface area contributed by atoms with Gasteiger partial charge in [0, 0.05) is 26.0 Å². The van der Waals surface area contributed by atoms with Crippen LogP contribution in [0.5, 0.6) is 17.2 Å². The molecule has 6 heteroatoms. The normalized spacial score (nSPS) is 16.8. The van der Waals surface area contributed by atoms with E-state index in [2.05, 4.69) is 23.2 Å². The summed E-state index contributed by atoms with van der Waals surface area (Å²) in [5.74, 6) is 2.46. The summed E-state index contributed by atoms with van der Waals surface area (Å²) >= 11 is 0. The predicted molar refractivity (Wildman–Crippen MR) is 119 cm³/mol. The Bertz CT molecular complexity index is 838. The molecule has 30 heavy (non-hydrogen) atoms. The van der Waals surface area contributed by atoms with Gasteiger partial charge in [-0.2, -0.15) is 0 Å². The van der Waals surface area contributed by atoms with Crippen LogP contribution in [0.3, 0.4) is 0 Å². The molecule has 2 aromatic rings. The molecule has 0 aromatic heterocycles. The van der Waals surface area contributed by atoms with Gasteiger partial charge in [-0.05, 0) is 43.2 Å². The van der Waals surface area contributed by atoms with E-state index in [-0.39, 0.29) is 18.1 Å². The van der Waals surface area contributed by atoms with Crippen molar-refractivity contribution in [1.82, 2.24) is 5.32 Å². The fourth-order valence-electron chi connectivity index (χ4n) is 3.69. The lowest BCUT2D eigenvalue weighted by Crippen LogP contribution is -2.25. The molecular formula is C24H32N2O4. The number of hydrogen-bond donors (Lipinski definition) is 1. The minimum absolute atomic E-state index is 0.0183. The number of anilines is 1. The third-order valence-electron chi connectivity index (χ3n) is 5.21. The van der Waals surface area contributed by atoms with Gasteiger partial charge in [0.15, 0.2) is 0 Å². The van der Waals surface area contributed by atoms with Crippen molar-refractivity contribution in [3.05, 3.63) is 48.0 Å². The number of ether oxygens (including phenoxy) is 3. The van der Waals surface area contributed by atoms with E-state index in [1.165, 1.54) is 6.92 Å². The van der Waals surface area contributed by atoms with E-state index in [4.69, 9.17) is 14.2 Å². The Morgan fingerprint density at radius 1 is 1.20 bits per heavy atom. The average Bonchev–Trinajstić information content (AvgIpc) is 3.20. The Hall–Kier alpha value is -2.89. The molecule has 6 nitrogen and oxygen atoms in total. The Balaban J connectivity index is 1.60. The molecule has 1 saturated heterocycles. The Kier molecular flexibility index (Phi) is 7.44. The number of carbonyl (C=O) groups excluding carboxylic acids is 1. The molecule has 1 fully saturated rings. The van der Waals surface area contributed by atoms with Crippen LogP contribution < -0.4 is 24.4 Å². The standard InChI is InChI=1S/C24H32N2O4/c1-5-14-29-21-10-11-23(24(15-21)28-4)26-13-12-22(16-26)30-20-8-6-19(7-9-20)17(2)25-18(3)27/h6-11,15,17,22H,5,12-14,16H2,1-4H3,(H,25,27)/t17-,22?/m0/s1. The van der Waals surface area contributed by atoms with Crippen molar-refractivity contribution in [2.45, 2.75) is 45.8 Å². The zero-order chi connectivity index (χ0) is 21.5. The molecule has 1 N–H and O–H groups in total. The summed E-state index contributed by atoms with van der Waals surface area (Å²) in [5, 5.41) is 2.89. The minimum atomic E-state index is -0.0331. The molecule has 0 saturated carbocycles. The summed E-state index contributed by atoms with van der Waals surface area (Å²) in [6.45, 7) is 8.00. The topological polar surface area (TPSA) is 60.0 Å². The van der Waals surface area contributed by atoms with E-state index >= 15 is 0 Å². The van der Waals surface area contributed by atoms with Gasteiger partial charge in [-0.25, -0.2) is 0 Å². The van der Waals surface area contributed by atoms with E-state index in [0.29, 0.717) is 6.61 Å². The molecule has 1 unspecified atom stereocenters. The van der Waals surface area contributed by atoms with Crippen LogP contribution in [0.4, 0.5) is 5.69 Å². The summed E-state index contributed by atoms with van der Waals surface area (Å²) < 4.78 is 17.5. The van der Waals surface area contributed by atoms with Gasteiger partial charge in [-0.3, -0.25) is 4.79 Å². The van der Waals surface area contributed by atoms with Crippen molar-refractivity contribution in [3.8, 4) is 17.2 Å². The van der Waals surface area contributed by atoms with Gasteiger partial charge in [0.05, 0.1) is 32.0 Å². The number of nitrogens with zero attached hydrogens (tertiary/aromatic N) is 1. The first-order valence-corrected chi connectivity index (χ1v) is 10.6. The fourth-order valence-corrected chi connectivity index (χ4v) is 3.69. The molecule has 1 heterocycles. The number of nitrogens with one attached hydrogen (secondary N) is 1. The van der Waals surface area contributed by atoms with Crippen molar-refractivity contribution in [1.29, 1.82) is 0 Å². The van der Waals surface area contributed by atoms with Gasteiger partial charge in [0.1, 0.15) is 23.4 Å². The molecule has 162 valence electrons. The van der Waals surface area contributed by atoms with Crippen LogP contribution in [-0.2, 0) is 4.79 Å². The van der Waals surface area contributed by atoms with Gasteiger partial charge in [0.2, 0.25) is 5.91 Å². The molecule has 2 aromatic carbocycles. The quantitative estimate of drug-likeness (QED) is 0.664. The second-order valence-corrected chi connectivity index (χ2v) is 7.65. The van der Waals surface area contributed by atoms with E-state index in [1.54, 1.807) is 7.11 Å². The SMILES string of the molecule is CCCOc1ccc(N2CCC(Oc3ccc([C@H](C)NC(C)=O)cc3)C2)c(OC)c1. The highest BCUT2D eigenvalue weighted by molar-refractivity contribution is 5.73. The van der Waals surface area contributed by atoms with Crippen molar-refractivity contribution < 1.29 is 19.0 Å². The molecule has 1 aliphatic rings. The van der Waals surface area contributed by atoms with Crippen LogP contribution in [0.25, 0.3) is 0 Å². The van der Waals surface area contributed by atoms with Gasteiger partial charge in [-0.15, -0.1) is 0 Å². The lowest BCUT2D eigenvalue weighted by Gasteiger charge is -2.22. The summed E-state index contributed by atoms with van der Waals surface area (Å²) in [6.07, 6.45) is 2.04. The monoisotopic (exact) mass is 412 g/mol. The fraction of sp³-hybridized carbons (Fsp3) is 0.458. The first-order chi connectivity index (χ1) is 14.5. The third kappa shape index (κ3) is 5.59. The van der Waals surface area contributed by atoms with Crippen LogP contribution >= 0.6 is 0 Å². The van der Waals surface area contributed by atoms with E-state index in [0.717, 1.165) is 54.4 Å². The molecule has 1 amide bonds. The van der Waals surface area contributed by atoms with Crippen LogP contribution in [-0.4, -0.2) is 38.8 Å². The van der Waals surface area contributed by atoms with E-state index in [1.807, 2.05) is 43.3 Å². The molecule has 0 radical (unpaired) electrons. The van der Waals surface area contributed by atoms with E-state index < -0.39 is 0 Å². The Morgan fingerprint density at radius 3 is 2.60 bits per heavy atom. The van der Waals surface area contributed by atoms with Crippen molar-refractivity contribution >= 4 is 11.6 Å². The van der Waals surface area contributed by atoms with Gasteiger partial charge in [0.25, 0.3) is 0 Å². The lowest BCUT2D eigenvalue weighted by molar-refractivity contribution is -0.119. The molecule has 2 atom stereocenters. The molecule has 3 rings (SSSR count). The third-order valence-corrected chi connectivity index (χ3v) is 5.21.